The first kappa shape index (κ1) is 17.8. The number of rotatable bonds is 4. The van der Waals surface area contributed by atoms with Gasteiger partial charge in [0.1, 0.15) is 0 Å². The average Bonchev–Trinajstić information content (AvgIpc) is 3.42. The van der Waals surface area contributed by atoms with Crippen LogP contribution in [0.3, 0.4) is 0 Å². The molecule has 0 unspecified atom stereocenters. The van der Waals surface area contributed by atoms with E-state index in [2.05, 4.69) is 25.1 Å². The molecule has 1 aromatic carbocycles. The third-order valence-electron chi connectivity index (χ3n) is 5.58. The van der Waals surface area contributed by atoms with Gasteiger partial charge in [-0.25, -0.2) is 4.79 Å². The number of aryl methyl sites for hydroxylation is 1. The minimum absolute atomic E-state index is 0.139. The first-order chi connectivity index (χ1) is 12.0. The standard InChI is InChI=1S/C20H28N2O3/c1-4-25-20(24)21(3)15-9-11-22(12-10-15)19(23)18-13-17(18)16-8-6-5-7-14(16)2/h5-8,15,17-18H,4,9-13H2,1-3H3/t17-,18-/m1/s1. The number of carbonyl (C=O) groups is 2. The fraction of sp³-hybridized carbons (Fsp3) is 0.600. The predicted molar refractivity (Wildman–Crippen MR) is 96.4 cm³/mol. The number of hydrogen-bond acceptors (Lipinski definition) is 3. The van der Waals surface area contributed by atoms with Crippen molar-refractivity contribution in [2.24, 2.45) is 5.92 Å². The maximum absolute atomic E-state index is 12.8. The van der Waals surface area contributed by atoms with Gasteiger partial charge in [0, 0.05) is 32.1 Å². The second kappa shape index (κ2) is 7.46. The van der Waals surface area contributed by atoms with Crippen molar-refractivity contribution in [3.63, 3.8) is 0 Å². The zero-order chi connectivity index (χ0) is 18.0. The van der Waals surface area contributed by atoms with Crippen molar-refractivity contribution in [1.29, 1.82) is 0 Å². The highest BCUT2D eigenvalue weighted by Crippen LogP contribution is 2.49. The number of nitrogens with zero attached hydrogens (tertiary/aromatic N) is 2. The molecule has 1 saturated heterocycles. The molecule has 2 atom stereocenters. The van der Waals surface area contributed by atoms with Gasteiger partial charge in [0.05, 0.1) is 6.61 Å². The van der Waals surface area contributed by atoms with Crippen LogP contribution in [0.5, 0.6) is 0 Å². The molecule has 0 N–H and O–H groups in total. The number of amides is 2. The molecule has 1 aromatic rings. The first-order valence-electron chi connectivity index (χ1n) is 9.26. The van der Waals surface area contributed by atoms with Crippen LogP contribution in [0.1, 0.15) is 43.2 Å². The highest BCUT2D eigenvalue weighted by molar-refractivity contribution is 5.83. The molecule has 5 heteroatoms. The Labute approximate surface area is 149 Å². The Morgan fingerprint density at radius 3 is 2.56 bits per heavy atom. The van der Waals surface area contributed by atoms with Gasteiger partial charge in [-0.15, -0.1) is 0 Å². The average molecular weight is 344 g/mol. The van der Waals surface area contributed by atoms with Crippen LogP contribution in [0.15, 0.2) is 24.3 Å². The van der Waals surface area contributed by atoms with E-state index in [0.29, 0.717) is 12.5 Å². The first-order valence-corrected chi connectivity index (χ1v) is 9.26. The zero-order valence-electron chi connectivity index (χ0n) is 15.4. The summed E-state index contributed by atoms with van der Waals surface area (Å²) >= 11 is 0. The van der Waals surface area contributed by atoms with Crippen molar-refractivity contribution in [1.82, 2.24) is 9.80 Å². The summed E-state index contributed by atoms with van der Waals surface area (Å²) in [6, 6.07) is 8.52. The van der Waals surface area contributed by atoms with Crippen molar-refractivity contribution in [2.45, 2.75) is 45.1 Å². The summed E-state index contributed by atoms with van der Waals surface area (Å²) < 4.78 is 5.06. The van der Waals surface area contributed by atoms with Crippen molar-refractivity contribution in [2.75, 3.05) is 26.7 Å². The SMILES string of the molecule is CCOC(=O)N(C)C1CCN(C(=O)[C@@H]2C[C@@H]2c2ccccc2C)CC1. The van der Waals surface area contributed by atoms with E-state index < -0.39 is 0 Å². The molecular formula is C20H28N2O3. The normalized spacial score (nSPS) is 23.2. The zero-order valence-corrected chi connectivity index (χ0v) is 15.4. The molecule has 136 valence electrons. The summed E-state index contributed by atoms with van der Waals surface area (Å²) in [4.78, 5) is 28.3. The number of benzene rings is 1. The van der Waals surface area contributed by atoms with E-state index in [1.165, 1.54) is 11.1 Å². The van der Waals surface area contributed by atoms with Crippen LogP contribution in [0, 0.1) is 12.8 Å². The Morgan fingerprint density at radius 2 is 1.92 bits per heavy atom. The van der Waals surface area contributed by atoms with Crippen molar-refractivity contribution in [3.05, 3.63) is 35.4 Å². The highest BCUT2D eigenvalue weighted by atomic mass is 16.6. The van der Waals surface area contributed by atoms with Gasteiger partial charge in [-0.05, 0) is 50.2 Å². The quantitative estimate of drug-likeness (QED) is 0.843. The van der Waals surface area contributed by atoms with Gasteiger partial charge in [-0.1, -0.05) is 24.3 Å². The summed E-state index contributed by atoms with van der Waals surface area (Å²) in [6.07, 6.45) is 2.34. The molecule has 1 aliphatic carbocycles. The molecule has 3 rings (SSSR count). The Kier molecular flexibility index (Phi) is 5.30. The van der Waals surface area contributed by atoms with Crippen molar-refractivity contribution >= 4 is 12.0 Å². The lowest BCUT2D eigenvalue weighted by molar-refractivity contribution is -0.134. The Bertz CT molecular complexity index is 638. The largest absolute Gasteiger partial charge is 0.450 e. The van der Waals surface area contributed by atoms with Crippen LogP contribution < -0.4 is 0 Å². The third-order valence-corrected chi connectivity index (χ3v) is 5.58. The van der Waals surface area contributed by atoms with E-state index in [1.807, 2.05) is 17.9 Å². The van der Waals surface area contributed by atoms with Crippen molar-refractivity contribution in [3.8, 4) is 0 Å². The van der Waals surface area contributed by atoms with Gasteiger partial charge in [0.25, 0.3) is 0 Å². The second-order valence-corrected chi connectivity index (χ2v) is 7.17. The van der Waals surface area contributed by atoms with Gasteiger partial charge < -0.3 is 14.5 Å². The van der Waals surface area contributed by atoms with E-state index in [-0.39, 0.29) is 24.0 Å². The lowest BCUT2D eigenvalue weighted by Crippen LogP contribution is -2.47. The molecule has 2 fully saturated rings. The summed E-state index contributed by atoms with van der Waals surface area (Å²) in [5.41, 5.74) is 2.59. The molecule has 25 heavy (non-hydrogen) atoms. The summed E-state index contributed by atoms with van der Waals surface area (Å²) in [5.74, 6) is 0.805. The fourth-order valence-corrected chi connectivity index (χ4v) is 3.90. The molecule has 0 spiro atoms. The molecule has 1 saturated carbocycles. The minimum atomic E-state index is -0.269. The van der Waals surface area contributed by atoms with Crippen molar-refractivity contribution < 1.29 is 14.3 Å². The monoisotopic (exact) mass is 344 g/mol. The minimum Gasteiger partial charge on any atom is -0.450 e. The van der Waals surface area contributed by atoms with E-state index in [9.17, 15) is 9.59 Å². The number of ether oxygens (including phenoxy) is 1. The Hall–Kier alpha value is -2.04. The van der Waals surface area contributed by atoms with Gasteiger partial charge in [0.15, 0.2) is 0 Å². The van der Waals surface area contributed by atoms with Gasteiger partial charge in [0.2, 0.25) is 5.91 Å². The van der Waals surface area contributed by atoms with Gasteiger partial charge in [-0.3, -0.25) is 4.79 Å². The lowest BCUT2D eigenvalue weighted by atomic mass is 10.0. The highest BCUT2D eigenvalue weighted by Gasteiger charge is 2.46. The molecule has 2 aliphatic rings. The Morgan fingerprint density at radius 1 is 1.24 bits per heavy atom. The van der Waals surface area contributed by atoms with E-state index in [4.69, 9.17) is 4.74 Å². The Balaban J connectivity index is 1.51. The maximum atomic E-state index is 12.8. The molecular weight excluding hydrogens is 316 g/mol. The second-order valence-electron chi connectivity index (χ2n) is 7.17. The molecule has 1 heterocycles. The van der Waals surface area contributed by atoms with Gasteiger partial charge >= 0.3 is 6.09 Å². The number of carbonyl (C=O) groups excluding carboxylic acids is 2. The third kappa shape index (κ3) is 3.80. The van der Waals surface area contributed by atoms with E-state index >= 15 is 0 Å². The van der Waals surface area contributed by atoms with Crippen LogP contribution in [-0.4, -0.2) is 54.6 Å². The summed E-state index contributed by atoms with van der Waals surface area (Å²) in [6.45, 7) is 5.77. The lowest BCUT2D eigenvalue weighted by Gasteiger charge is -2.36. The van der Waals surface area contributed by atoms with Gasteiger partial charge in [-0.2, -0.15) is 0 Å². The van der Waals surface area contributed by atoms with E-state index in [0.717, 1.165) is 32.4 Å². The molecule has 2 amide bonds. The summed E-state index contributed by atoms with van der Waals surface area (Å²) in [5, 5.41) is 0. The van der Waals surface area contributed by atoms with E-state index in [1.54, 1.807) is 11.9 Å². The number of likely N-dealkylation sites (tertiary alicyclic amines) is 1. The van der Waals surface area contributed by atoms with Crippen LogP contribution in [0.25, 0.3) is 0 Å². The topological polar surface area (TPSA) is 49.9 Å². The van der Waals surface area contributed by atoms with Crippen LogP contribution in [0.4, 0.5) is 4.79 Å². The van der Waals surface area contributed by atoms with Crippen LogP contribution in [-0.2, 0) is 9.53 Å². The fourth-order valence-electron chi connectivity index (χ4n) is 3.90. The van der Waals surface area contributed by atoms with Crippen LogP contribution in [0.2, 0.25) is 0 Å². The summed E-state index contributed by atoms with van der Waals surface area (Å²) in [7, 11) is 1.79. The number of hydrogen-bond donors (Lipinski definition) is 0. The number of piperidine rings is 1. The molecule has 1 aliphatic heterocycles. The van der Waals surface area contributed by atoms with Crippen LogP contribution >= 0.6 is 0 Å². The maximum Gasteiger partial charge on any atom is 0.409 e. The molecule has 0 radical (unpaired) electrons. The predicted octanol–water partition coefficient (Wildman–Crippen LogP) is 3.18. The molecule has 0 aromatic heterocycles. The smallest absolute Gasteiger partial charge is 0.409 e. The molecule has 5 nitrogen and oxygen atoms in total. The molecule has 0 bridgehead atoms.